The summed E-state index contributed by atoms with van der Waals surface area (Å²) in [5.41, 5.74) is 0.498. The minimum atomic E-state index is -0.418. The predicted molar refractivity (Wildman–Crippen MR) is 94.0 cm³/mol. The number of aromatic nitrogens is 2. The molecule has 3 fully saturated rings. The number of aryl methyl sites for hydroxylation is 1. The van der Waals surface area contributed by atoms with Crippen LogP contribution in [0.4, 0.5) is 5.69 Å². The average Bonchev–Trinajstić information content (AvgIpc) is 3.23. The highest BCUT2D eigenvalue weighted by atomic mass is 16.2. The second-order valence-electron chi connectivity index (χ2n) is 7.76. The summed E-state index contributed by atoms with van der Waals surface area (Å²) >= 11 is 0. The number of carbonyl (C=O) groups excluding carboxylic acids is 2. The van der Waals surface area contributed by atoms with E-state index in [1.165, 1.54) is 6.42 Å². The van der Waals surface area contributed by atoms with Crippen LogP contribution in [-0.2, 0) is 16.6 Å². The number of carbonyl (C=O) groups is 2. The Hall–Kier alpha value is -1.89. The van der Waals surface area contributed by atoms with Gasteiger partial charge in [-0.3, -0.25) is 14.3 Å². The van der Waals surface area contributed by atoms with E-state index in [1.807, 2.05) is 13.2 Å². The monoisotopic (exact) mass is 345 g/mol. The molecular weight excluding hydrogens is 318 g/mol. The van der Waals surface area contributed by atoms with Gasteiger partial charge in [0, 0.05) is 26.3 Å². The second-order valence-corrected chi connectivity index (χ2v) is 7.76. The first kappa shape index (κ1) is 16.6. The maximum Gasteiger partial charge on any atom is 0.249 e. The van der Waals surface area contributed by atoms with E-state index >= 15 is 0 Å². The molecule has 1 aliphatic carbocycles. The fraction of sp³-hybridized carbons (Fsp3) is 0.722. The summed E-state index contributed by atoms with van der Waals surface area (Å²) in [5.74, 6) is 0.477. The lowest BCUT2D eigenvalue weighted by Gasteiger charge is -2.39. The van der Waals surface area contributed by atoms with Crippen LogP contribution in [-0.4, -0.2) is 47.3 Å². The largest absolute Gasteiger partial charge is 0.344 e. The SMILES string of the molecule is Cn1cc(N2CCCC(NC(=O)[C@@]34CCCC[C@H]3CNC4)C2=O)cn1. The summed E-state index contributed by atoms with van der Waals surface area (Å²) in [5, 5.41) is 10.7. The standard InChI is InChI=1S/C18H27N5O2/c1-22-11-14(10-20-22)23-8-4-6-15(16(23)24)21-17(25)18-7-3-2-5-13(18)9-19-12-18/h10-11,13,15,19H,2-9,12H2,1H3,(H,21,25)/t13-,15?,18+/m0/s1. The fourth-order valence-corrected chi connectivity index (χ4v) is 4.81. The zero-order valence-electron chi connectivity index (χ0n) is 14.8. The van der Waals surface area contributed by atoms with Gasteiger partial charge >= 0.3 is 0 Å². The topological polar surface area (TPSA) is 79.3 Å². The van der Waals surface area contributed by atoms with Gasteiger partial charge in [-0.15, -0.1) is 0 Å². The van der Waals surface area contributed by atoms with Crippen molar-refractivity contribution in [1.82, 2.24) is 20.4 Å². The first-order valence-electron chi connectivity index (χ1n) is 9.42. The van der Waals surface area contributed by atoms with Crippen molar-refractivity contribution in [3.05, 3.63) is 12.4 Å². The molecule has 0 bridgehead atoms. The molecule has 0 spiro atoms. The molecule has 4 rings (SSSR count). The maximum absolute atomic E-state index is 13.1. The van der Waals surface area contributed by atoms with Crippen LogP contribution in [0.25, 0.3) is 0 Å². The molecule has 25 heavy (non-hydrogen) atoms. The minimum absolute atomic E-state index is 0.0117. The van der Waals surface area contributed by atoms with Gasteiger partial charge in [-0.05, 0) is 38.1 Å². The first-order chi connectivity index (χ1) is 12.1. The number of hydrogen-bond donors (Lipinski definition) is 2. The fourth-order valence-electron chi connectivity index (χ4n) is 4.81. The highest BCUT2D eigenvalue weighted by Gasteiger charge is 2.50. The van der Waals surface area contributed by atoms with Gasteiger partial charge in [-0.1, -0.05) is 12.8 Å². The van der Waals surface area contributed by atoms with Gasteiger partial charge in [-0.25, -0.2) is 0 Å². The van der Waals surface area contributed by atoms with Crippen LogP contribution >= 0.6 is 0 Å². The molecular formula is C18H27N5O2. The Morgan fingerprint density at radius 2 is 2.24 bits per heavy atom. The van der Waals surface area contributed by atoms with Crippen molar-refractivity contribution in [2.75, 3.05) is 24.5 Å². The Morgan fingerprint density at radius 3 is 3.04 bits per heavy atom. The molecule has 2 N–H and O–H groups in total. The van der Waals surface area contributed by atoms with Crippen LogP contribution in [0.1, 0.15) is 38.5 Å². The number of amides is 2. The number of hydrogen-bond acceptors (Lipinski definition) is 4. The molecule has 1 saturated carbocycles. The number of anilines is 1. The molecule has 3 heterocycles. The third-order valence-corrected chi connectivity index (χ3v) is 6.24. The normalized spacial score (nSPS) is 32.5. The van der Waals surface area contributed by atoms with Crippen LogP contribution < -0.4 is 15.5 Å². The number of fused-ring (bicyclic) bond motifs is 1. The molecule has 2 saturated heterocycles. The molecule has 2 aliphatic heterocycles. The van der Waals surface area contributed by atoms with E-state index in [1.54, 1.807) is 15.8 Å². The van der Waals surface area contributed by atoms with Crippen molar-refractivity contribution in [2.24, 2.45) is 18.4 Å². The summed E-state index contributed by atoms with van der Waals surface area (Å²) in [6.45, 7) is 2.36. The van der Waals surface area contributed by atoms with Crippen molar-refractivity contribution in [3.63, 3.8) is 0 Å². The molecule has 2 amide bonds. The van der Waals surface area contributed by atoms with Crippen LogP contribution in [0.3, 0.4) is 0 Å². The minimum Gasteiger partial charge on any atom is -0.344 e. The molecule has 3 atom stereocenters. The Kier molecular flexibility index (Phi) is 4.27. The lowest BCUT2D eigenvalue weighted by molar-refractivity contribution is -0.137. The summed E-state index contributed by atoms with van der Waals surface area (Å²) in [4.78, 5) is 27.8. The van der Waals surface area contributed by atoms with Crippen molar-refractivity contribution < 1.29 is 9.59 Å². The molecule has 7 nitrogen and oxygen atoms in total. The van der Waals surface area contributed by atoms with Crippen LogP contribution in [0.15, 0.2) is 12.4 Å². The molecule has 1 unspecified atom stereocenters. The van der Waals surface area contributed by atoms with Gasteiger partial charge in [0.25, 0.3) is 0 Å². The van der Waals surface area contributed by atoms with Crippen LogP contribution in [0.5, 0.6) is 0 Å². The van der Waals surface area contributed by atoms with E-state index < -0.39 is 6.04 Å². The Morgan fingerprint density at radius 1 is 1.36 bits per heavy atom. The summed E-state index contributed by atoms with van der Waals surface area (Å²) in [7, 11) is 1.84. The van der Waals surface area contributed by atoms with Crippen molar-refractivity contribution in [3.8, 4) is 0 Å². The Bertz CT molecular complexity index is 672. The van der Waals surface area contributed by atoms with E-state index in [0.717, 1.165) is 50.9 Å². The van der Waals surface area contributed by atoms with Gasteiger partial charge < -0.3 is 15.5 Å². The van der Waals surface area contributed by atoms with Crippen LogP contribution in [0, 0.1) is 11.3 Å². The van der Waals surface area contributed by atoms with E-state index in [0.29, 0.717) is 12.5 Å². The first-order valence-corrected chi connectivity index (χ1v) is 9.42. The van der Waals surface area contributed by atoms with Gasteiger partial charge in [0.15, 0.2) is 0 Å². The van der Waals surface area contributed by atoms with Crippen molar-refractivity contribution >= 4 is 17.5 Å². The number of piperidine rings is 1. The maximum atomic E-state index is 13.1. The third kappa shape index (κ3) is 2.84. The van der Waals surface area contributed by atoms with Gasteiger partial charge in [0.05, 0.1) is 17.3 Å². The lowest BCUT2D eigenvalue weighted by Crippen LogP contribution is -2.57. The summed E-state index contributed by atoms with van der Waals surface area (Å²) < 4.78 is 1.70. The number of nitrogens with one attached hydrogen (secondary N) is 2. The zero-order chi connectivity index (χ0) is 17.4. The second kappa shape index (κ2) is 6.44. The molecule has 7 heteroatoms. The number of rotatable bonds is 3. The van der Waals surface area contributed by atoms with Crippen molar-refractivity contribution in [2.45, 2.75) is 44.6 Å². The molecule has 0 radical (unpaired) electrons. The zero-order valence-corrected chi connectivity index (χ0v) is 14.8. The molecule has 0 aromatic carbocycles. The Labute approximate surface area is 148 Å². The van der Waals surface area contributed by atoms with Gasteiger partial charge in [-0.2, -0.15) is 5.10 Å². The lowest BCUT2D eigenvalue weighted by atomic mass is 9.67. The van der Waals surface area contributed by atoms with Crippen molar-refractivity contribution in [1.29, 1.82) is 0 Å². The molecule has 136 valence electrons. The van der Waals surface area contributed by atoms with E-state index in [9.17, 15) is 9.59 Å². The number of nitrogens with zero attached hydrogens (tertiary/aromatic N) is 3. The average molecular weight is 345 g/mol. The highest BCUT2D eigenvalue weighted by molar-refractivity contribution is 6.00. The highest BCUT2D eigenvalue weighted by Crippen LogP contribution is 2.44. The van der Waals surface area contributed by atoms with E-state index in [2.05, 4.69) is 15.7 Å². The predicted octanol–water partition coefficient (Wildman–Crippen LogP) is 0.812. The quantitative estimate of drug-likeness (QED) is 0.850. The third-order valence-electron chi connectivity index (χ3n) is 6.24. The van der Waals surface area contributed by atoms with Gasteiger partial charge in [0.2, 0.25) is 11.8 Å². The smallest absolute Gasteiger partial charge is 0.249 e. The van der Waals surface area contributed by atoms with Crippen LogP contribution in [0.2, 0.25) is 0 Å². The summed E-state index contributed by atoms with van der Waals surface area (Å²) in [6.07, 6.45) is 9.52. The van der Waals surface area contributed by atoms with E-state index in [-0.39, 0.29) is 17.2 Å². The Balaban J connectivity index is 1.48. The molecule has 1 aromatic rings. The molecule has 1 aromatic heterocycles. The molecule has 3 aliphatic rings. The summed E-state index contributed by atoms with van der Waals surface area (Å²) in [6, 6.07) is -0.418. The van der Waals surface area contributed by atoms with E-state index in [4.69, 9.17) is 0 Å². The van der Waals surface area contributed by atoms with Gasteiger partial charge in [0.1, 0.15) is 6.04 Å².